The van der Waals surface area contributed by atoms with Gasteiger partial charge in [0.15, 0.2) is 0 Å². The van der Waals surface area contributed by atoms with Crippen LogP contribution in [0.5, 0.6) is 0 Å². The lowest BCUT2D eigenvalue weighted by Gasteiger charge is -2.44. The monoisotopic (exact) mass is 235 g/mol. The van der Waals surface area contributed by atoms with Gasteiger partial charge in [0, 0.05) is 12.2 Å². The van der Waals surface area contributed by atoms with E-state index in [1.807, 2.05) is 13.0 Å². The molecule has 0 aromatic heterocycles. The minimum Gasteiger partial charge on any atom is -0.392 e. The van der Waals surface area contributed by atoms with Gasteiger partial charge in [-0.1, -0.05) is 6.07 Å². The van der Waals surface area contributed by atoms with Crippen molar-refractivity contribution in [3.05, 3.63) is 29.3 Å². The Morgan fingerprint density at radius 1 is 1.41 bits per heavy atom. The molecule has 0 saturated carbocycles. The molecule has 0 radical (unpaired) electrons. The Morgan fingerprint density at radius 2 is 2.18 bits per heavy atom. The van der Waals surface area contributed by atoms with Crippen molar-refractivity contribution in [3.8, 4) is 0 Å². The molecule has 94 valence electrons. The third kappa shape index (κ3) is 2.45. The molecule has 1 heterocycles. The molecular formula is C14H21NO2. The van der Waals surface area contributed by atoms with Crippen LogP contribution in [0.3, 0.4) is 0 Å². The van der Waals surface area contributed by atoms with Crippen molar-refractivity contribution in [1.82, 2.24) is 0 Å². The number of benzene rings is 1. The molecule has 1 N–H and O–H groups in total. The molecule has 0 bridgehead atoms. The standard InChI is InChI=1S/C14H21NO2/c1-11-8-13(5-4-12(11)9-16)15-6-7-17-10-14(15,2)3/h4-5,8,16H,6-7,9-10H2,1-3H3. The Bertz CT molecular complexity index is 401. The van der Waals surface area contributed by atoms with Crippen LogP contribution in [0.1, 0.15) is 25.0 Å². The molecule has 0 aliphatic carbocycles. The Hall–Kier alpha value is -1.06. The highest BCUT2D eigenvalue weighted by atomic mass is 16.5. The summed E-state index contributed by atoms with van der Waals surface area (Å²) >= 11 is 0. The molecule has 0 spiro atoms. The smallest absolute Gasteiger partial charge is 0.0694 e. The van der Waals surface area contributed by atoms with Gasteiger partial charge < -0.3 is 14.7 Å². The van der Waals surface area contributed by atoms with E-state index in [0.717, 1.165) is 30.9 Å². The highest BCUT2D eigenvalue weighted by Crippen LogP contribution is 2.28. The maximum absolute atomic E-state index is 9.19. The number of aliphatic hydroxyl groups excluding tert-OH is 1. The van der Waals surface area contributed by atoms with Crippen LogP contribution in [0.15, 0.2) is 18.2 Å². The minimum absolute atomic E-state index is 0.0332. The molecule has 3 nitrogen and oxygen atoms in total. The van der Waals surface area contributed by atoms with E-state index in [1.54, 1.807) is 0 Å². The van der Waals surface area contributed by atoms with E-state index in [9.17, 15) is 5.11 Å². The second-order valence-corrected chi connectivity index (χ2v) is 5.29. The lowest BCUT2D eigenvalue weighted by molar-refractivity contribution is 0.0644. The van der Waals surface area contributed by atoms with Gasteiger partial charge in [-0.15, -0.1) is 0 Å². The molecule has 0 unspecified atom stereocenters. The molecule has 17 heavy (non-hydrogen) atoms. The Kier molecular flexibility index (Phi) is 3.40. The number of ether oxygens (including phenoxy) is 1. The van der Waals surface area contributed by atoms with Gasteiger partial charge >= 0.3 is 0 Å². The summed E-state index contributed by atoms with van der Waals surface area (Å²) < 4.78 is 5.53. The van der Waals surface area contributed by atoms with Gasteiger partial charge in [0.25, 0.3) is 0 Å². The second kappa shape index (κ2) is 4.67. The normalized spacial score (nSPS) is 19.4. The lowest BCUT2D eigenvalue weighted by atomic mass is 10.00. The van der Waals surface area contributed by atoms with Gasteiger partial charge in [0.05, 0.1) is 25.4 Å². The number of nitrogens with zero attached hydrogens (tertiary/aromatic N) is 1. The van der Waals surface area contributed by atoms with Gasteiger partial charge in [-0.05, 0) is 44.0 Å². The topological polar surface area (TPSA) is 32.7 Å². The van der Waals surface area contributed by atoms with Crippen LogP contribution < -0.4 is 4.90 Å². The van der Waals surface area contributed by atoms with E-state index >= 15 is 0 Å². The van der Waals surface area contributed by atoms with Gasteiger partial charge in [-0.2, -0.15) is 0 Å². The first-order valence-corrected chi connectivity index (χ1v) is 6.10. The fourth-order valence-corrected chi connectivity index (χ4v) is 2.36. The van der Waals surface area contributed by atoms with E-state index in [4.69, 9.17) is 4.74 Å². The quantitative estimate of drug-likeness (QED) is 0.852. The number of morpholine rings is 1. The molecule has 1 aliphatic rings. The van der Waals surface area contributed by atoms with Gasteiger partial charge in [0.2, 0.25) is 0 Å². The highest BCUT2D eigenvalue weighted by Gasteiger charge is 2.30. The van der Waals surface area contributed by atoms with Crippen LogP contribution in [0.2, 0.25) is 0 Å². The first kappa shape index (κ1) is 12.4. The van der Waals surface area contributed by atoms with E-state index in [2.05, 4.69) is 30.9 Å². The first-order valence-electron chi connectivity index (χ1n) is 6.10. The number of aliphatic hydroxyl groups is 1. The first-order chi connectivity index (χ1) is 8.04. The predicted molar refractivity (Wildman–Crippen MR) is 69.3 cm³/mol. The van der Waals surface area contributed by atoms with Gasteiger partial charge in [-0.3, -0.25) is 0 Å². The van der Waals surface area contributed by atoms with Gasteiger partial charge in [0.1, 0.15) is 0 Å². The molecule has 1 aromatic carbocycles. The summed E-state index contributed by atoms with van der Waals surface area (Å²) in [5.41, 5.74) is 3.39. The summed E-state index contributed by atoms with van der Waals surface area (Å²) in [5.74, 6) is 0. The van der Waals surface area contributed by atoms with Crippen molar-refractivity contribution in [2.75, 3.05) is 24.7 Å². The number of aryl methyl sites for hydroxylation is 1. The summed E-state index contributed by atoms with van der Waals surface area (Å²) in [6, 6.07) is 6.25. The van der Waals surface area contributed by atoms with E-state index in [-0.39, 0.29) is 12.1 Å². The van der Waals surface area contributed by atoms with E-state index in [1.165, 1.54) is 5.69 Å². The SMILES string of the molecule is Cc1cc(N2CCOCC2(C)C)ccc1CO. The van der Waals surface area contributed by atoms with Crippen LogP contribution in [0.4, 0.5) is 5.69 Å². The van der Waals surface area contributed by atoms with Crippen molar-refractivity contribution >= 4 is 5.69 Å². The molecule has 3 heteroatoms. The molecule has 1 aromatic rings. The van der Waals surface area contributed by atoms with E-state index < -0.39 is 0 Å². The van der Waals surface area contributed by atoms with Crippen LogP contribution in [0.25, 0.3) is 0 Å². The fraction of sp³-hybridized carbons (Fsp3) is 0.571. The minimum atomic E-state index is 0.0332. The molecule has 1 saturated heterocycles. The summed E-state index contributed by atoms with van der Waals surface area (Å²) in [5, 5.41) is 9.19. The third-order valence-electron chi connectivity index (χ3n) is 3.45. The van der Waals surface area contributed by atoms with Gasteiger partial charge in [-0.25, -0.2) is 0 Å². The van der Waals surface area contributed by atoms with Crippen LogP contribution in [-0.4, -0.2) is 30.4 Å². The molecule has 1 aliphatic heterocycles. The van der Waals surface area contributed by atoms with Crippen molar-refractivity contribution in [2.45, 2.75) is 32.9 Å². The molecule has 0 amide bonds. The zero-order valence-electron chi connectivity index (χ0n) is 10.9. The third-order valence-corrected chi connectivity index (χ3v) is 3.45. The molecular weight excluding hydrogens is 214 g/mol. The predicted octanol–water partition coefficient (Wildman–Crippen LogP) is 2.10. The summed E-state index contributed by atoms with van der Waals surface area (Å²) in [4.78, 5) is 2.38. The Morgan fingerprint density at radius 3 is 2.76 bits per heavy atom. The molecule has 2 rings (SSSR count). The molecule has 0 atom stereocenters. The number of rotatable bonds is 2. The van der Waals surface area contributed by atoms with Crippen LogP contribution in [0, 0.1) is 6.92 Å². The second-order valence-electron chi connectivity index (χ2n) is 5.29. The number of hydrogen-bond acceptors (Lipinski definition) is 3. The Labute approximate surface area is 103 Å². The maximum Gasteiger partial charge on any atom is 0.0694 e. The average Bonchev–Trinajstić information content (AvgIpc) is 2.28. The largest absolute Gasteiger partial charge is 0.392 e. The fourth-order valence-electron chi connectivity index (χ4n) is 2.36. The van der Waals surface area contributed by atoms with Crippen LogP contribution >= 0.6 is 0 Å². The zero-order valence-corrected chi connectivity index (χ0v) is 10.9. The number of anilines is 1. The molecule has 1 fully saturated rings. The van der Waals surface area contributed by atoms with Crippen LogP contribution in [-0.2, 0) is 11.3 Å². The summed E-state index contributed by atoms with van der Waals surface area (Å²) in [7, 11) is 0. The maximum atomic E-state index is 9.19. The highest BCUT2D eigenvalue weighted by molar-refractivity contribution is 5.53. The van der Waals surface area contributed by atoms with Crippen molar-refractivity contribution in [1.29, 1.82) is 0 Å². The lowest BCUT2D eigenvalue weighted by Crippen LogP contribution is -2.53. The van der Waals surface area contributed by atoms with Crippen molar-refractivity contribution in [3.63, 3.8) is 0 Å². The number of hydrogen-bond donors (Lipinski definition) is 1. The zero-order chi connectivity index (χ0) is 12.5. The Balaban J connectivity index is 2.30. The summed E-state index contributed by atoms with van der Waals surface area (Å²) in [6.45, 7) is 9.01. The van der Waals surface area contributed by atoms with E-state index in [0.29, 0.717) is 0 Å². The van der Waals surface area contributed by atoms with Crippen molar-refractivity contribution < 1.29 is 9.84 Å². The average molecular weight is 235 g/mol. The van der Waals surface area contributed by atoms with Crippen molar-refractivity contribution in [2.24, 2.45) is 0 Å². The summed E-state index contributed by atoms with van der Waals surface area (Å²) in [6.07, 6.45) is 0.